The van der Waals surface area contributed by atoms with Gasteiger partial charge in [-0.05, 0) is 25.0 Å². The van der Waals surface area contributed by atoms with E-state index in [1.165, 1.54) is 0 Å². The number of hydrogen-bond acceptors (Lipinski definition) is 2. The SMILES string of the molecule is CCC(CCBr)NC(=O)c1ccccn1. The van der Waals surface area contributed by atoms with Crippen LogP contribution in [0.2, 0.25) is 0 Å². The van der Waals surface area contributed by atoms with Gasteiger partial charge in [0.2, 0.25) is 0 Å². The van der Waals surface area contributed by atoms with Gasteiger partial charge in [-0.15, -0.1) is 0 Å². The molecule has 1 rings (SSSR count). The summed E-state index contributed by atoms with van der Waals surface area (Å²) in [5.74, 6) is -0.0941. The van der Waals surface area contributed by atoms with E-state index in [-0.39, 0.29) is 11.9 Å². The zero-order valence-corrected chi connectivity index (χ0v) is 10.3. The minimum Gasteiger partial charge on any atom is -0.348 e. The van der Waals surface area contributed by atoms with Gasteiger partial charge in [-0.1, -0.05) is 28.9 Å². The van der Waals surface area contributed by atoms with Gasteiger partial charge in [0.15, 0.2) is 0 Å². The van der Waals surface area contributed by atoms with Crippen molar-refractivity contribution in [3.63, 3.8) is 0 Å². The molecule has 1 atom stereocenters. The first kappa shape index (κ1) is 12.2. The Morgan fingerprint density at radius 2 is 2.40 bits per heavy atom. The third-order valence-corrected chi connectivity index (χ3v) is 2.64. The van der Waals surface area contributed by atoms with Crippen LogP contribution in [0.5, 0.6) is 0 Å². The molecule has 1 N–H and O–H groups in total. The Kier molecular flexibility index (Phi) is 5.32. The molecular weight excluding hydrogens is 256 g/mol. The van der Waals surface area contributed by atoms with E-state index in [9.17, 15) is 4.79 Å². The molecule has 1 heterocycles. The maximum absolute atomic E-state index is 11.7. The van der Waals surface area contributed by atoms with Crippen molar-refractivity contribution in [3.05, 3.63) is 30.1 Å². The monoisotopic (exact) mass is 270 g/mol. The molecule has 0 aliphatic carbocycles. The zero-order valence-electron chi connectivity index (χ0n) is 8.74. The van der Waals surface area contributed by atoms with E-state index in [1.807, 2.05) is 6.07 Å². The van der Waals surface area contributed by atoms with Gasteiger partial charge in [0.05, 0.1) is 0 Å². The van der Waals surface area contributed by atoms with Crippen molar-refractivity contribution < 1.29 is 4.79 Å². The molecule has 4 heteroatoms. The molecule has 0 saturated carbocycles. The highest BCUT2D eigenvalue weighted by atomic mass is 79.9. The van der Waals surface area contributed by atoms with Crippen molar-refractivity contribution in [2.75, 3.05) is 5.33 Å². The smallest absolute Gasteiger partial charge is 0.270 e. The van der Waals surface area contributed by atoms with Gasteiger partial charge in [-0.3, -0.25) is 9.78 Å². The van der Waals surface area contributed by atoms with Gasteiger partial charge in [0, 0.05) is 17.6 Å². The minimum absolute atomic E-state index is 0.0941. The second-order valence-corrected chi connectivity index (χ2v) is 4.06. The summed E-state index contributed by atoms with van der Waals surface area (Å²) in [7, 11) is 0. The topological polar surface area (TPSA) is 42.0 Å². The summed E-state index contributed by atoms with van der Waals surface area (Å²) in [4.78, 5) is 15.7. The first-order valence-corrected chi connectivity index (χ1v) is 6.18. The van der Waals surface area contributed by atoms with E-state index < -0.39 is 0 Å². The summed E-state index contributed by atoms with van der Waals surface area (Å²) in [6.45, 7) is 2.06. The number of carbonyl (C=O) groups is 1. The fourth-order valence-electron chi connectivity index (χ4n) is 1.27. The quantitative estimate of drug-likeness (QED) is 0.835. The molecule has 0 aliphatic heterocycles. The van der Waals surface area contributed by atoms with E-state index in [4.69, 9.17) is 0 Å². The molecule has 0 bridgehead atoms. The maximum Gasteiger partial charge on any atom is 0.270 e. The Hall–Kier alpha value is -0.900. The lowest BCUT2D eigenvalue weighted by Gasteiger charge is -2.14. The molecule has 3 nitrogen and oxygen atoms in total. The van der Waals surface area contributed by atoms with E-state index in [1.54, 1.807) is 18.3 Å². The number of carbonyl (C=O) groups excluding carboxylic acids is 1. The normalized spacial score (nSPS) is 12.1. The third-order valence-electron chi connectivity index (χ3n) is 2.18. The summed E-state index contributed by atoms with van der Waals surface area (Å²) < 4.78 is 0. The Morgan fingerprint density at radius 1 is 1.60 bits per heavy atom. The minimum atomic E-state index is -0.0941. The highest BCUT2D eigenvalue weighted by Gasteiger charge is 2.11. The number of halogens is 1. The van der Waals surface area contributed by atoms with Crippen LogP contribution in [-0.4, -0.2) is 22.3 Å². The van der Waals surface area contributed by atoms with Gasteiger partial charge >= 0.3 is 0 Å². The average molecular weight is 271 g/mol. The van der Waals surface area contributed by atoms with E-state index in [2.05, 4.69) is 33.2 Å². The lowest BCUT2D eigenvalue weighted by Crippen LogP contribution is -2.35. The number of rotatable bonds is 5. The molecule has 1 aromatic rings. The number of aromatic nitrogens is 1. The van der Waals surface area contributed by atoms with Gasteiger partial charge in [-0.25, -0.2) is 0 Å². The molecular formula is C11H15BrN2O. The summed E-state index contributed by atoms with van der Waals surface area (Å²) in [5, 5.41) is 3.85. The number of nitrogens with one attached hydrogen (secondary N) is 1. The predicted molar refractivity (Wildman–Crippen MR) is 64.2 cm³/mol. The number of nitrogens with zero attached hydrogens (tertiary/aromatic N) is 1. The van der Waals surface area contributed by atoms with Crippen LogP contribution < -0.4 is 5.32 Å². The van der Waals surface area contributed by atoms with E-state index in [0.29, 0.717) is 5.69 Å². The summed E-state index contributed by atoms with van der Waals surface area (Å²) in [6.07, 6.45) is 3.50. The fourth-order valence-corrected chi connectivity index (χ4v) is 1.82. The zero-order chi connectivity index (χ0) is 11.1. The van der Waals surface area contributed by atoms with Gasteiger partial charge in [-0.2, -0.15) is 0 Å². The molecule has 0 fully saturated rings. The highest BCUT2D eigenvalue weighted by Crippen LogP contribution is 2.02. The summed E-state index contributed by atoms with van der Waals surface area (Å²) in [6, 6.07) is 5.55. The van der Waals surface area contributed by atoms with Gasteiger partial charge < -0.3 is 5.32 Å². The van der Waals surface area contributed by atoms with Crippen LogP contribution in [0.3, 0.4) is 0 Å². The molecule has 0 spiro atoms. The van der Waals surface area contributed by atoms with Crippen molar-refractivity contribution in [2.24, 2.45) is 0 Å². The first-order valence-electron chi connectivity index (χ1n) is 5.05. The van der Waals surface area contributed by atoms with Crippen LogP contribution in [0.25, 0.3) is 0 Å². The lowest BCUT2D eigenvalue weighted by molar-refractivity contribution is 0.0930. The number of alkyl halides is 1. The Balaban J connectivity index is 2.55. The standard InChI is InChI=1S/C11H15BrN2O/c1-2-9(6-7-12)14-11(15)10-5-3-4-8-13-10/h3-5,8-9H,2,6-7H2,1H3,(H,14,15). The predicted octanol–water partition coefficient (Wildman–Crippen LogP) is 2.38. The molecule has 0 radical (unpaired) electrons. The Bertz CT molecular complexity index is 303. The largest absolute Gasteiger partial charge is 0.348 e. The second-order valence-electron chi connectivity index (χ2n) is 3.27. The van der Waals surface area contributed by atoms with Gasteiger partial charge in [0.25, 0.3) is 5.91 Å². The van der Waals surface area contributed by atoms with E-state index >= 15 is 0 Å². The van der Waals surface area contributed by atoms with Crippen molar-refractivity contribution in [1.82, 2.24) is 10.3 Å². The average Bonchev–Trinajstić information content (AvgIpc) is 2.29. The second kappa shape index (κ2) is 6.56. The Labute approximate surface area is 98.4 Å². The lowest BCUT2D eigenvalue weighted by atomic mass is 10.1. The summed E-state index contributed by atoms with van der Waals surface area (Å²) >= 11 is 3.37. The maximum atomic E-state index is 11.7. The van der Waals surface area contributed by atoms with Crippen LogP contribution in [0, 0.1) is 0 Å². The van der Waals surface area contributed by atoms with Crippen molar-refractivity contribution in [1.29, 1.82) is 0 Å². The van der Waals surface area contributed by atoms with Crippen LogP contribution in [0.4, 0.5) is 0 Å². The first-order chi connectivity index (χ1) is 7.27. The van der Waals surface area contributed by atoms with E-state index in [0.717, 1.165) is 18.2 Å². The van der Waals surface area contributed by atoms with Crippen LogP contribution in [0.15, 0.2) is 24.4 Å². The van der Waals surface area contributed by atoms with Crippen molar-refractivity contribution >= 4 is 21.8 Å². The van der Waals surface area contributed by atoms with Gasteiger partial charge in [0.1, 0.15) is 5.69 Å². The molecule has 0 aliphatic rings. The molecule has 1 amide bonds. The number of hydrogen-bond donors (Lipinski definition) is 1. The van der Waals surface area contributed by atoms with Crippen molar-refractivity contribution in [3.8, 4) is 0 Å². The fraction of sp³-hybridized carbons (Fsp3) is 0.455. The van der Waals surface area contributed by atoms with Crippen LogP contribution in [0.1, 0.15) is 30.3 Å². The molecule has 0 saturated heterocycles. The van der Waals surface area contributed by atoms with Crippen molar-refractivity contribution in [2.45, 2.75) is 25.8 Å². The van der Waals surface area contributed by atoms with Crippen LogP contribution in [-0.2, 0) is 0 Å². The number of amides is 1. The van der Waals surface area contributed by atoms with Crippen LogP contribution >= 0.6 is 15.9 Å². The number of pyridine rings is 1. The molecule has 1 unspecified atom stereocenters. The highest BCUT2D eigenvalue weighted by molar-refractivity contribution is 9.09. The molecule has 82 valence electrons. The third kappa shape index (κ3) is 4.00. The molecule has 15 heavy (non-hydrogen) atoms. The Morgan fingerprint density at radius 3 is 2.93 bits per heavy atom. The molecule has 1 aromatic heterocycles. The molecule has 0 aromatic carbocycles. The summed E-state index contributed by atoms with van der Waals surface area (Å²) in [5.41, 5.74) is 0.477.